The number of ether oxygens (including phenoxy) is 1. The molecule has 5 rings (SSSR count). The van der Waals surface area contributed by atoms with Crippen molar-refractivity contribution in [3.63, 3.8) is 0 Å². The smallest absolute Gasteiger partial charge is 0.239 e. The van der Waals surface area contributed by atoms with E-state index in [0.29, 0.717) is 21.8 Å². The summed E-state index contributed by atoms with van der Waals surface area (Å²) in [6, 6.07) is 15.7. The number of carbonyl (C=O) groups excluding carboxylic acids is 1. The summed E-state index contributed by atoms with van der Waals surface area (Å²) in [5, 5.41) is 9.63. The first-order chi connectivity index (χ1) is 16.5. The molecule has 1 aromatic heterocycles. The van der Waals surface area contributed by atoms with Gasteiger partial charge in [0, 0.05) is 17.6 Å². The van der Waals surface area contributed by atoms with Gasteiger partial charge in [-0.15, -0.1) is 10.2 Å². The Morgan fingerprint density at radius 3 is 2.53 bits per heavy atom. The van der Waals surface area contributed by atoms with E-state index in [1.165, 1.54) is 11.8 Å². The van der Waals surface area contributed by atoms with Crippen molar-refractivity contribution in [1.29, 1.82) is 0 Å². The van der Waals surface area contributed by atoms with Crippen molar-refractivity contribution in [1.82, 2.24) is 19.8 Å². The molecule has 1 amide bonds. The summed E-state index contributed by atoms with van der Waals surface area (Å²) in [6.07, 6.45) is 3.19. The first-order valence-electron chi connectivity index (χ1n) is 11.6. The number of aromatic nitrogens is 3. The summed E-state index contributed by atoms with van der Waals surface area (Å²) in [5.41, 5.74) is 5.41. The molecule has 0 aliphatic carbocycles. The Kier molecular flexibility index (Phi) is 6.44. The molecule has 2 aliphatic rings. The van der Waals surface area contributed by atoms with Crippen molar-refractivity contribution in [2.45, 2.75) is 61.6 Å². The summed E-state index contributed by atoms with van der Waals surface area (Å²) in [5.74, 6) is 1.42. The SMILES string of the molecule is COc1ccc([C@@H]2Nn3c(nnc3-c3ccccc3)S[C@H]2C(=O)N2[C@H](C)CCC[C@@H]2C)cc1Cl. The van der Waals surface area contributed by atoms with Crippen molar-refractivity contribution >= 4 is 29.3 Å². The first-order valence-corrected chi connectivity index (χ1v) is 12.8. The summed E-state index contributed by atoms with van der Waals surface area (Å²) in [6.45, 7) is 4.29. The fraction of sp³-hybridized carbons (Fsp3) is 0.400. The van der Waals surface area contributed by atoms with E-state index < -0.39 is 5.25 Å². The molecule has 4 atom stereocenters. The van der Waals surface area contributed by atoms with Gasteiger partial charge >= 0.3 is 0 Å². The van der Waals surface area contributed by atoms with Gasteiger partial charge in [-0.1, -0.05) is 59.8 Å². The van der Waals surface area contributed by atoms with Gasteiger partial charge in [-0.3, -0.25) is 4.79 Å². The van der Waals surface area contributed by atoms with Crippen molar-refractivity contribution in [2.24, 2.45) is 0 Å². The van der Waals surface area contributed by atoms with E-state index in [0.717, 1.165) is 30.4 Å². The molecular formula is C25H28ClN5O2S. The van der Waals surface area contributed by atoms with Crippen molar-refractivity contribution in [3.8, 4) is 17.1 Å². The molecule has 0 radical (unpaired) electrons. The second kappa shape index (κ2) is 9.50. The molecule has 1 saturated heterocycles. The molecule has 9 heteroatoms. The molecule has 34 heavy (non-hydrogen) atoms. The zero-order valence-corrected chi connectivity index (χ0v) is 21.0. The number of carbonyl (C=O) groups is 1. The lowest BCUT2D eigenvalue weighted by molar-refractivity contribution is -0.137. The Morgan fingerprint density at radius 1 is 1.12 bits per heavy atom. The van der Waals surface area contributed by atoms with Gasteiger partial charge in [0.2, 0.25) is 11.1 Å². The summed E-state index contributed by atoms with van der Waals surface area (Å²) in [7, 11) is 1.59. The van der Waals surface area contributed by atoms with Crippen LogP contribution >= 0.6 is 23.4 Å². The largest absolute Gasteiger partial charge is 0.495 e. The lowest BCUT2D eigenvalue weighted by Crippen LogP contribution is -2.53. The van der Waals surface area contributed by atoms with E-state index in [1.807, 2.05) is 53.2 Å². The monoisotopic (exact) mass is 497 g/mol. The van der Waals surface area contributed by atoms with E-state index in [-0.39, 0.29) is 24.0 Å². The lowest BCUT2D eigenvalue weighted by atomic mass is 9.95. The third-order valence-electron chi connectivity index (χ3n) is 6.70. The number of methoxy groups -OCH3 is 1. The Hall–Kier alpha value is -2.71. The van der Waals surface area contributed by atoms with Crippen LogP contribution in [0.1, 0.15) is 44.7 Å². The topological polar surface area (TPSA) is 72.3 Å². The number of thioether (sulfide) groups is 1. The van der Waals surface area contributed by atoms with E-state index in [1.54, 1.807) is 7.11 Å². The molecule has 0 unspecified atom stereocenters. The van der Waals surface area contributed by atoms with Gasteiger partial charge < -0.3 is 15.1 Å². The quantitative estimate of drug-likeness (QED) is 0.537. The van der Waals surface area contributed by atoms with Gasteiger partial charge in [0.05, 0.1) is 18.2 Å². The van der Waals surface area contributed by atoms with Crippen LogP contribution < -0.4 is 10.2 Å². The molecule has 3 heterocycles. The van der Waals surface area contributed by atoms with Crippen LogP contribution in [0.3, 0.4) is 0 Å². The van der Waals surface area contributed by atoms with Gasteiger partial charge in [0.25, 0.3) is 0 Å². The number of nitrogens with zero attached hydrogens (tertiary/aromatic N) is 4. The fourth-order valence-corrected chi connectivity index (χ4v) is 6.35. The zero-order valence-electron chi connectivity index (χ0n) is 19.4. The van der Waals surface area contributed by atoms with E-state index >= 15 is 0 Å². The fourth-order valence-electron chi connectivity index (χ4n) is 4.95. The molecule has 178 valence electrons. The van der Waals surface area contributed by atoms with Crippen LogP contribution in [0.25, 0.3) is 11.4 Å². The summed E-state index contributed by atoms with van der Waals surface area (Å²) < 4.78 is 7.23. The highest BCUT2D eigenvalue weighted by Gasteiger charge is 2.42. The zero-order chi connectivity index (χ0) is 23.8. The van der Waals surface area contributed by atoms with Gasteiger partial charge in [0.15, 0.2) is 5.82 Å². The highest BCUT2D eigenvalue weighted by atomic mass is 35.5. The van der Waals surface area contributed by atoms with Crippen molar-refractivity contribution < 1.29 is 9.53 Å². The third kappa shape index (κ3) is 4.14. The Bertz CT molecular complexity index is 1180. The number of halogens is 1. The number of hydrogen-bond acceptors (Lipinski definition) is 6. The standard InChI is InChI=1S/C25H28ClN5O2S/c1-15-8-7-9-16(2)30(15)24(32)22-21(18-12-13-20(33-3)19(26)14-18)29-31-23(27-28-25(31)34-22)17-10-5-4-6-11-17/h4-6,10-16,21-22,29H,7-9H2,1-3H3/t15-,16+,21-,22+/m0/s1. The lowest BCUT2D eigenvalue weighted by Gasteiger charge is -2.43. The van der Waals surface area contributed by atoms with Gasteiger partial charge in [0.1, 0.15) is 11.0 Å². The molecule has 0 saturated carbocycles. The minimum absolute atomic E-state index is 0.115. The summed E-state index contributed by atoms with van der Waals surface area (Å²) >= 11 is 7.95. The summed E-state index contributed by atoms with van der Waals surface area (Å²) in [4.78, 5) is 16.1. The molecule has 1 N–H and O–H groups in total. The number of likely N-dealkylation sites (tertiary alicyclic amines) is 1. The van der Waals surface area contributed by atoms with Gasteiger partial charge in [-0.05, 0) is 50.8 Å². The van der Waals surface area contributed by atoms with E-state index in [4.69, 9.17) is 16.3 Å². The average molecular weight is 498 g/mol. The molecule has 2 aliphatic heterocycles. The predicted octanol–water partition coefficient (Wildman–Crippen LogP) is 5.16. The first kappa shape index (κ1) is 23.1. The number of piperidine rings is 1. The van der Waals surface area contributed by atoms with Crippen LogP contribution in [0.15, 0.2) is 53.7 Å². The molecular weight excluding hydrogens is 470 g/mol. The maximum absolute atomic E-state index is 14.0. The van der Waals surface area contributed by atoms with Crippen LogP contribution in [-0.4, -0.2) is 50.1 Å². The van der Waals surface area contributed by atoms with Crippen LogP contribution in [0.4, 0.5) is 0 Å². The Labute approximate surface area is 208 Å². The van der Waals surface area contributed by atoms with Gasteiger partial charge in [-0.25, -0.2) is 4.68 Å². The van der Waals surface area contributed by atoms with E-state index in [2.05, 4.69) is 34.4 Å². The van der Waals surface area contributed by atoms with Crippen LogP contribution in [-0.2, 0) is 4.79 Å². The molecule has 2 aromatic carbocycles. The van der Waals surface area contributed by atoms with Crippen LogP contribution in [0, 0.1) is 0 Å². The second-order valence-corrected chi connectivity index (χ2v) is 10.4. The van der Waals surface area contributed by atoms with E-state index in [9.17, 15) is 4.79 Å². The van der Waals surface area contributed by atoms with Crippen molar-refractivity contribution in [3.05, 3.63) is 59.1 Å². The molecule has 7 nitrogen and oxygen atoms in total. The van der Waals surface area contributed by atoms with Crippen LogP contribution in [0.2, 0.25) is 5.02 Å². The normalized spacial score (nSPS) is 24.3. The minimum Gasteiger partial charge on any atom is -0.495 e. The predicted molar refractivity (Wildman–Crippen MR) is 135 cm³/mol. The van der Waals surface area contributed by atoms with Crippen LogP contribution in [0.5, 0.6) is 5.75 Å². The Morgan fingerprint density at radius 2 is 1.85 bits per heavy atom. The maximum atomic E-state index is 14.0. The molecule has 0 spiro atoms. The number of amides is 1. The highest BCUT2D eigenvalue weighted by molar-refractivity contribution is 8.00. The number of hydrogen-bond donors (Lipinski definition) is 1. The number of rotatable bonds is 4. The molecule has 1 fully saturated rings. The second-order valence-electron chi connectivity index (χ2n) is 8.92. The number of nitrogens with one attached hydrogen (secondary N) is 1. The molecule has 0 bridgehead atoms. The number of benzene rings is 2. The Balaban J connectivity index is 1.56. The highest BCUT2D eigenvalue weighted by Crippen LogP contribution is 2.42. The maximum Gasteiger partial charge on any atom is 0.239 e. The minimum atomic E-state index is -0.409. The molecule has 3 aromatic rings. The third-order valence-corrected chi connectivity index (χ3v) is 8.19. The number of fused-ring (bicyclic) bond motifs is 1. The van der Waals surface area contributed by atoms with Gasteiger partial charge in [-0.2, -0.15) is 0 Å². The average Bonchev–Trinajstić information content (AvgIpc) is 3.26. The van der Waals surface area contributed by atoms with Crippen molar-refractivity contribution in [2.75, 3.05) is 12.5 Å².